The molecule has 1 aliphatic heterocycles. The average molecular weight is 291 g/mol. The second-order valence-electron chi connectivity index (χ2n) is 5.32. The number of amides is 1. The molecule has 1 saturated heterocycles. The van der Waals surface area contributed by atoms with Crippen LogP contribution in [0.3, 0.4) is 0 Å². The van der Waals surface area contributed by atoms with E-state index in [-0.39, 0.29) is 5.91 Å². The van der Waals surface area contributed by atoms with E-state index in [4.69, 9.17) is 4.74 Å². The van der Waals surface area contributed by atoms with Crippen molar-refractivity contribution in [3.05, 3.63) is 23.9 Å². The number of hydrogen-bond donors (Lipinski definition) is 1. The first-order chi connectivity index (χ1) is 10.3. The molecule has 0 saturated carbocycles. The molecule has 1 aromatic rings. The van der Waals surface area contributed by atoms with Crippen molar-refractivity contribution in [1.82, 2.24) is 10.3 Å². The maximum absolute atomic E-state index is 12.0. The van der Waals surface area contributed by atoms with Crippen molar-refractivity contribution in [3.8, 4) is 0 Å². The molecular formula is C16H25N3O2. The lowest BCUT2D eigenvalue weighted by Gasteiger charge is -2.27. The van der Waals surface area contributed by atoms with Gasteiger partial charge in [-0.3, -0.25) is 4.79 Å². The van der Waals surface area contributed by atoms with E-state index in [1.165, 1.54) is 19.3 Å². The number of carbonyl (C=O) groups excluding carboxylic acids is 1. The van der Waals surface area contributed by atoms with Gasteiger partial charge in [0.15, 0.2) is 0 Å². The van der Waals surface area contributed by atoms with Gasteiger partial charge in [-0.2, -0.15) is 0 Å². The minimum Gasteiger partial charge on any atom is -0.378 e. The predicted octanol–water partition coefficient (Wildman–Crippen LogP) is 2.23. The third kappa shape index (κ3) is 5.01. The minimum absolute atomic E-state index is 0.0347. The molecule has 1 fully saturated rings. The van der Waals surface area contributed by atoms with Crippen LogP contribution in [-0.2, 0) is 4.74 Å². The topological polar surface area (TPSA) is 54.5 Å². The summed E-state index contributed by atoms with van der Waals surface area (Å²) in [5.74, 6) is 0.880. The van der Waals surface area contributed by atoms with Crippen molar-refractivity contribution in [1.29, 1.82) is 0 Å². The van der Waals surface area contributed by atoms with Gasteiger partial charge in [-0.15, -0.1) is 0 Å². The molecule has 0 unspecified atom stereocenters. The fourth-order valence-electron chi connectivity index (χ4n) is 2.36. The van der Waals surface area contributed by atoms with Gasteiger partial charge >= 0.3 is 0 Å². The molecule has 0 radical (unpaired) electrons. The molecule has 5 heteroatoms. The summed E-state index contributed by atoms with van der Waals surface area (Å²) >= 11 is 0. The van der Waals surface area contributed by atoms with E-state index in [2.05, 4.69) is 22.1 Å². The van der Waals surface area contributed by atoms with Gasteiger partial charge in [0.1, 0.15) is 5.82 Å². The quantitative estimate of drug-likeness (QED) is 0.783. The van der Waals surface area contributed by atoms with Crippen LogP contribution in [0.25, 0.3) is 0 Å². The van der Waals surface area contributed by atoms with Crippen LogP contribution in [0.2, 0.25) is 0 Å². The molecule has 116 valence electrons. The Labute approximate surface area is 126 Å². The largest absolute Gasteiger partial charge is 0.378 e. The van der Waals surface area contributed by atoms with Crippen molar-refractivity contribution >= 4 is 11.7 Å². The highest BCUT2D eigenvalue weighted by atomic mass is 16.5. The van der Waals surface area contributed by atoms with Crippen LogP contribution in [0.5, 0.6) is 0 Å². The number of hydrogen-bond acceptors (Lipinski definition) is 4. The van der Waals surface area contributed by atoms with E-state index >= 15 is 0 Å². The van der Waals surface area contributed by atoms with Crippen LogP contribution in [0.4, 0.5) is 5.82 Å². The van der Waals surface area contributed by atoms with Crippen LogP contribution in [0.1, 0.15) is 43.0 Å². The Bertz CT molecular complexity index is 428. The summed E-state index contributed by atoms with van der Waals surface area (Å²) in [7, 11) is 0. The molecule has 0 aliphatic carbocycles. The molecule has 1 aliphatic rings. The molecule has 2 rings (SSSR count). The van der Waals surface area contributed by atoms with E-state index in [0.29, 0.717) is 5.56 Å². The van der Waals surface area contributed by atoms with E-state index in [1.807, 2.05) is 12.1 Å². The standard InChI is InChI=1S/C16H25N3O2/c1-2-3-4-5-8-17-16(20)14-6-7-15(18-13-14)19-9-11-21-12-10-19/h6-7,13H,2-5,8-12H2,1H3,(H,17,20). The summed E-state index contributed by atoms with van der Waals surface area (Å²) in [4.78, 5) is 18.5. The number of pyridine rings is 1. The smallest absolute Gasteiger partial charge is 0.252 e. The number of ether oxygens (including phenoxy) is 1. The number of nitrogens with one attached hydrogen (secondary N) is 1. The number of nitrogens with zero attached hydrogens (tertiary/aromatic N) is 2. The van der Waals surface area contributed by atoms with Gasteiger partial charge < -0.3 is 15.0 Å². The first-order valence-corrected chi connectivity index (χ1v) is 7.88. The fourth-order valence-corrected chi connectivity index (χ4v) is 2.36. The van der Waals surface area contributed by atoms with Crippen molar-refractivity contribution in [2.75, 3.05) is 37.7 Å². The second-order valence-corrected chi connectivity index (χ2v) is 5.32. The maximum atomic E-state index is 12.0. The first-order valence-electron chi connectivity index (χ1n) is 7.88. The van der Waals surface area contributed by atoms with E-state index < -0.39 is 0 Å². The highest BCUT2D eigenvalue weighted by Gasteiger charge is 2.13. The van der Waals surface area contributed by atoms with Gasteiger partial charge in [-0.1, -0.05) is 26.2 Å². The molecule has 21 heavy (non-hydrogen) atoms. The predicted molar refractivity (Wildman–Crippen MR) is 83.7 cm³/mol. The summed E-state index contributed by atoms with van der Waals surface area (Å²) in [6.07, 6.45) is 6.31. The van der Waals surface area contributed by atoms with Crippen molar-refractivity contribution in [3.63, 3.8) is 0 Å². The SMILES string of the molecule is CCCCCCNC(=O)c1ccc(N2CCOCC2)nc1. The van der Waals surface area contributed by atoms with Gasteiger partial charge in [-0.05, 0) is 18.6 Å². The number of rotatable bonds is 7. The number of anilines is 1. The Morgan fingerprint density at radius 3 is 2.76 bits per heavy atom. The maximum Gasteiger partial charge on any atom is 0.252 e. The molecule has 0 atom stereocenters. The highest BCUT2D eigenvalue weighted by Crippen LogP contribution is 2.13. The molecule has 1 aromatic heterocycles. The number of aromatic nitrogens is 1. The van der Waals surface area contributed by atoms with Crippen LogP contribution in [0.15, 0.2) is 18.3 Å². The van der Waals surface area contributed by atoms with E-state index in [0.717, 1.165) is 45.1 Å². The Morgan fingerprint density at radius 2 is 2.10 bits per heavy atom. The lowest BCUT2D eigenvalue weighted by molar-refractivity contribution is 0.0952. The van der Waals surface area contributed by atoms with Crippen molar-refractivity contribution < 1.29 is 9.53 Å². The number of carbonyl (C=O) groups is 1. The van der Waals surface area contributed by atoms with Crippen molar-refractivity contribution in [2.24, 2.45) is 0 Å². The monoisotopic (exact) mass is 291 g/mol. The zero-order chi connectivity index (χ0) is 14.9. The van der Waals surface area contributed by atoms with Crippen LogP contribution in [-0.4, -0.2) is 43.7 Å². The van der Waals surface area contributed by atoms with Crippen molar-refractivity contribution in [2.45, 2.75) is 32.6 Å². The third-order valence-electron chi connectivity index (χ3n) is 3.66. The Hall–Kier alpha value is -1.62. The summed E-state index contributed by atoms with van der Waals surface area (Å²) in [5.41, 5.74) is 0.627. The van der Waals surface area contributed by atoms with Gasteiger partial charge in [0, 0.05) is 25.8 Å². The molecule has 0 aromatic carbocycles. The molecule has 5 nitrogen and oxygen atoms in total. The molecule has 0 spiro atoms. The van der Waals surface area contributed by atoms with Crippen LogP contribution in [0, 0.1) is 0 Å². The summed E-state index contributed by atoms with van der Waals surface area (Å²) in [6.45, 7) is 6.11. The Kier molecular flexibility index (Phi) is 6.47. The molecule has 1 amide bonds. The molecule has 1 N–H and O–H groups in total. The molecule has 2 heterocycles. The van der Waals surface area contributed by atoms with Gasteiger partial charge in [-0.25, -0.2) is 4.98 Å². The second kappa shape index (κ2) is 8.62. The van der Waals surface area contributed by atoms with E-state index in [9.17, 15) is 4.79 Å². The lowest BCUT2D eigenvalue weighted by atomic mass is 10.2. The Morgan fingerprint density at radius 1 is 1.29 bits per heavy atom. The van der Waals surface area contributed by atoms with E-state index in [1.54, 1.807) is 6.20 Å². The zero-order valence-corrected chi connectivity index (χ0v) is 12.8. The molecular weight excluding hydrogens is 266 g/mol. The fraction of sp³-hybridized carbons (Fsp3) is 0.625. The third-order valence-corrected chi connectivity index (χ3v) is 3.66. The lowest BCUT2D eigenvalue weighted by Crippen LogP contribution is -2.36. The normalized spacial score (nSPS) is 15.0. The first kappa shape index (κ1) is 15.8. The number of morpholine rings is 1. The van der Waals surface area contributed by atoms with Gasteiger partial charge in [0.25, 0.3) is 5.91 Å². The van der Waals surface area contributed by atoms with Crippen LogP contribution < -0.4 is 10.2 Å². The average Bonchev–Trinajstić information content (AvgIpc) is 2.55. The van der Waals surface area contributed by atoms with Gasteiger partial charge in [0.2, 0.25) is 0 Å². The molecule has 0 bridgehead atoms. The number of unbranched alkanes of at least 4 members (excludes halogenated alkanes) is 3. The Balaban J connectivity index is 1.79. The summed E-state index contributed by atoms with van der Waals surface area (Å²) in [6, 6.07) is 3.76. The zero-order valence-electron chi connectivity index (χ0n) is 12.8. The summed E-state index contributed by atoms with van der Waals surface area (Å²) in [5, 5.41) is 2.94. The van der Waals surface area contributed by atoms with Gasteiger partial charge in [0.05, 0.1) is 18.8 Å². The highest BCUT2D eigenvalue weighted by molar-refractivity contribution is 5.94. The minimum atomic E-state index is -0.0347. The summed E-state index contributed by atoms with van der Waals surface area (Å²) < 4.78 is 5.32. The van der Waals surface area contributed by atoms with Crippen LogP contribution >= 0.6 is 0 Å².